The number of benzene rings is 6. The number of carbonyl (C=O) groups excluding carboxylic acids is 2. The Morgan fingerprint density at radius 3 is 1.85 bits per heavy atom. The van der Waals surface area contributed by atoms with Crippen LogP contribution in [-0.4, -0.2) is 11.8 Å². The Morgan fingerprint density at radius 2 is 1.23 bits per heavy atom. The van der Waals surface area contributed by atoms with Crippen LogP contribution in [0.4, 0.5) is 10.1 Å². The van der Waals surface area contributed by atoms with Crippen LogP contribution in [0.25, 0.3) is 21.5 Å². The van der Waals surface area contributed by atoms with Gasteiger partial charge < -0.3 is 4.74 Å². The molecule has 0 saturated carbocycles. The van der Waals surface area contributed by atoms with E-state index < -0.39 is 23.0 Å². The molecule has 1 spiro atoms. The van der Waals surface area contributed by atoms with Gasteiger partial charge >= 0.3 is 0 Å². The summed E-state index contributed by atoms with van der Waals surface area (Å²) >= 11 is 0. The smallest absolute Gasteiger partial charge is 0.265 e. The molecule has 0 atom stereocenters. The van der Waals surface area contributed by atoms with Gasteiger partial charge in [-0.3, -0.25) is 9.59 Å². The van der Waals surface area contributed by atoms with Gasteiger partial charge in [0.05, 0.1) is 5.69 Å². The van der Waals surface area contributed by atoms with Crippen molar-refractivity contribution in [3.63, 3.8) is 0 Å². The maximum atomic E-state index is 15.1. The fraction of sp³-hybridized carbons (Fsp3) is 0.0286. The molecule has 5 heteroatoms. The van der Waals surface area contributed by atoms with E-state index in [0.717, 1.165) is 21.5 Å². The highest BCUT2D eigenvalue weighted by Crippen LogP contribution is 2.60. The molecular formula is C35H20FNO3. The molecular weight excluding hydrogens is 501 g/mol. The van der Waals surface area contributed by atoms with Gasteiger partial charge in [-0.05, 0) is 41.1 Å². The summed E-state index contributed by atoms with van der Waals surface area (Å²) in [5.41, 5.74) is 0.799. The zero-order chi connectivity index (χ0) is 27.0. The monoisotopic (exact) mass is 521 g/mol. The molecule has 190 valence electrons. The summed E-state index contributed by atoms with van der Waals surface area (Å²) < 4.78 is 21.8. The molecule has 40 heavy (non-hydrogen) atoms. The minimum atomic E-state index is -1.50. The van der Waals surface area contributed by atoms with E-state index in [-0.39, 0.29) is 0 Å². The Morgan fingerprint density at radius 1 is 0.650 bits per heavy atom. The topological polar surface area (TPSA) is 46.6 Å². The highest BCUT2D eigenvalue weighted by molar-refractivity contribution is 6.30. The molecule has 2 heterocycles. The number of anilines is 1. The van der Waals surface area contributed by atoms with E-state index in [1.807, 2.05) is 78.9 Å². The second-order valence-electron chi connectivity index (χ2n) is 10.2. The summed E-state index contributed by atoms with van der Waals surface area (Å²) in [4.78, 5) is 30.2. The van der Waals surface area contributed by atoms with Crippen molar-refractivity contribution in [2.75, 3.05) is 4.90 Å². The standard InChI is InChI=1S/C35H20FNO3/c36-24-16-19-30-29(20-24)35(34(39)37(30)33(38)23-10-2-1-3-11-23)27-17-14-21-8-4-6-12-25(21)31(27)40-32-26-13-7-5-9-22(26)15-18-28(32)35/h1-20H. The van der Waals surface area contributed by atoms with Gasteiger partial charge in [-0.15, -0.1) is 0 Å². The lowest BCUT2D eigenvalue weighted by atomic mass is 9.67. The average Bonchev–Trinajstić information content (AvgIpc) is 3.24. The summed E-state index contributed by atoms with van der Waals surface area (Å²) in [6.07, 6.45) is 0. The molecule has 6 aromatic carbocycles. The van der Waals surface area contributed by atoms with Crippen LogP contribution >= 0.6 is 0 Å². The highest BCUT2D eigenvalue weighted by atomic mass is 19.1. The Labute approximate surface area is 228 Å². The number of amides is 2. The average molecular weight is 522 g/mol. The zero-order valence-electron chi connectivity index (χ0n) is 21.1. The molecule has 0 unspecified atom stereocenters. The van der Waals surface area contributed by atoms with Gasteiger partial charge in [-0.1, -0.05) is 91.0 Å². The number of ether oxygens (including phenoxy) is 1. The van der Waals surface area contributed by atoms with Crippen molar-refractivity contribution >= 4 is 39.0 Å². The fourth-order valence-corrected chi connectivity index (χ4v) is 6.37. The molecule has 2 aliphatic heterocycles. The minimum Gasteiger partial charge on any atom is -0.455 e. The second kappa shape index (κ2) is 8.10. The van der Waals surface area contributed by atoms with E-state index in [9.17, 15) is 9.59 Å². The Bertz CT molecular complexity index is 1960. The lowest BCUT2D eigenvalue weighted by Gasteiger charge is -2.37. The zero-order valence-corrected chi connectivity index (χ0v) is 21.1. The first-order valence-corrected chi connectivity index (χ1v) is 13.1. The van der Waals surface area contributed by atoms with Crippen molar-refractivity contribution in [2.45, 2.75) is 5.41 Å². The molecule has 0 fully saturated rings. The molecule has 0 bridgehead atoms. The molecule has 0 aliphatic carbocycles. The summed E-state index contributed by atoms with van der Waals surface area (Å²) in [5, 5.41) is 3.55. The molecule has 4 nitrogen and oxygen atoms in total. The van der Waals surface area contributed by atoms with Gasteiger partial charge in [0.15, 0.2) is 0 Å². The van der Waals surface area contributed by atoms with Crippen LogP contribution < -0.4 is 9.64 Å². The minimum absolute atomic E-state index is 0.361. The third-order valence-electron chi connectivity index (χ3n) is 8.12. The van der Waals surface area contributed by atoms with Crippen LogP contribution in [0.1, 0.15) is 27.0 Å². The summed E-state index contributed by atoms with van der Waals surface area (Å²) in [5.74, 6) is -0.361. The molecule has 0 aromatic heterocycles. The van der Waals surface area contributed by atoms with Crippen LogP contribution in [0.3, 0.4) is 0 Å². The Hall–Kier alpha value is -5.29. The Kier molecular flexibility index (Phi) is 4.59. The van der Waals surface area contributed by atoms with Crippen LogP contribution in [0.2, 0.25) is 0 Å². The highest BCUT2D eigenvalue weighted by Gasteiger charge is 2.59. The number of fused-ring (bicyclic) bond motifs is 10. The van der Waals surface area contributed by atoms with Crippen molar-refractivity contribution in [1.29, 1.82) is 0 Å². The van der Waals surface area contributed by atoms with Crippen LogP contribution in [-0.2, 0) is 10.2 Å². The number of hydrogen-bond donors (Lipinski definition) is 0. The summed E-state index contributed by atoms with van der Waals surface area (Å²) in [6.45, 7) is 0. The predicted molar refractivity (Wildman–Crippen MR) is 153 cm³/mol. The fourth-order valence-electron chi connectivity index (χ4n) is 6.37. The van der Waals surface area contributed by atoms with Crippen molar-refractivity contribution in [1.82, 2.24) is 0 Å². The molecule has 2 aliphatic rings. The summed E-state index contributed by atoms with van der Waals surface area (Å²) in [6, 6.07) is 36.1. The maximum Gasteiger partial charge on any atom is 0.265 e. The quantitative estimate of drug-likeness (QED) is 0.208. The molecule has 0 saturated heterocycles. The van der Waals surface area contributed by atoms with Crippen molar-refractivity contribution in [2.24, 2.45) is 0 Å². The SMILES string of the molecule is O=C(c1ccccc1)N1C(=O)C2(c3cc(F)ccc31)c1ccc3ccccc3c1Oc1c2ccc2ccccc12. The lowest BCUT2D eigenvalue weighted by Crippen LogP contribution is -2.46. The third kappa shape index (κ3) is 2.84. The largest absolute Gasteiger partial charge is 0.455 e. The summed E-state index contributed by atoms with van der Waals surface area (Å²) in [7, 11) is 0. The number of carbonyl (C=O) groups is 2. The van der Waals surface area contributed by atoms with Gasteiger partial charge in [0.1, 0.15) is 22.7 Å². The second-order valence-corrected chi connectivity index (χ2v) is 10.2. The number of imide groups is 1. The van der Waals surface area contributed by atoms with Crippen molar-refractivity contribution in [3.8, 4) is 11.5 Å². The predicted octanol–water partition coefficient (Wildman–Crippen LogP) is 7.76. The first-order valence-electron chi connectivity index (χ1n) is 13.1. The third-order valence-corrected chi connectivity index (χ3v) is 8.12. The van der Waals surface area contributed by atoms with E-state index >= 15 is 4.39 Å². The van der Waals surface area contributed by atoms with E-state index in [0.29, 0.717) is 39.4 Å². The van der Waals surface area contributed by atoms with E-state index in [1.54, 1.807) is 24.3 Å². The first kappa shape index (κ1) is 22.7. The van der Waals surface area contributed by atoms with Crippen LogP contribution in [0, 0.1) is 5.82 Å². The number of nitrogens with zero attached hydrogens (tertiary/aromatic N) is 1. The van der Waals surface area contributed by atoms with Crippen LogP contribution in [0.5, 0.6) is 11.5 Å². The van der Waals surface area contributed by atoms with E-state index in [4.69, 9.17) is 4.74 Å². The van der Waals surface area contributed by atoms with E-state index in [2.05, 4.69) is 0 Å². The molecule has 0 radical (unpaired) electrons. The molecule has 6 aromatic rings. The number of halogens is 1. The van der Waals surface area contributed by atoms with Crippen molar-refractivity contribution in [3.05, 3.63) is 149 Å². The molecule has 8 rings (SSSR count). The molecule has 0 N–H and O–H groups in total. The van der Waals surface area contributed by atoms with Crippen LogP contribution in [0.15, 0.2) is 121 Å². The number of hydrogen-bond acceptors (Lipinski definition) is 3. The van der Waals surface area contributed by atoms with Gasteiger partial charge in [-0.2, -0.15) is 0 Å². The normalized spacial score (nSPS) is 14.6. The van der Waals surface area contributed by atoms with Crippen molar-refractivity contribution < 1.29 is 18.7 Å². The Balaban J connectivity index is 1.52. The van der Waals surface area contributed by atoms with Gasteiger partial charge in [0.25, 0.3) is 11.8 Å². The molecule has 2 amide bonds. The van der Waals surface area contributed by atoms with Gasteiger partial charge in [0, 0.05) is 33.0 Å². The maximum absolute atomic E-state index is 15.1. The van der Waals surface area contributed by atoms with Gasteiger partial charge in [-0.25, -0.2) is 9.29 Å². The first-order chi connectivity index (χ1) is 19.6. The lowest BCUT2D eigenvalue weighted by molar-refractivity contribution is -0.120. The van der Waals surface area contributed by atoms with Gasteiger partial charge in [0.2, 0.25) is 0 Å². The van der Waals surface area contributed by atoms with E-state index in [1.165, 1.54) is 23.1 Å². The number of rotatable bonds is 1.